The molecule has 0 saturated heterocycles. The van der Waals surface area contributed by atoms with Gasteiger partial charge in [0.1, 0.15) is 17.3 Å². The Balaban J connectivity index is 2.01. The van der Waals surface area contributed by atoms with Crippen molar-refractivity contribution in [1.29, 1.82) is 0 Å². The molecule has 0 unspecified atom stereocenters. The number of nitrogens with one attached hydrogen (secondary N) is 1. The van der Waals surface area contributed by atoms with Gasteiger partial charge in [-0.3, -0.25) is 15.1 Å². The number of hydrogen-bond acceptors (Lipinski definition) is 5. The van der Waals surface area contributed by atoms with Crippen molar-refractivity contribution in [2.75, 3.05) is 7.05 Å². The number of nitrogens with zero attached hydrogens (tertiary/aromatic N) is 1. The molecule has 0 spiro atoms. The van der Waals surface area contributed by atoms with Gasteiger partial charge in [0.2, 0.25) is 0 Å². The zero-order chi connectivity index (χ0) is 13.8. The van der Waals surface area contributed by atoms with E-state index in [1.54, 1.807) is 6.07 Å². The molecular formula is C13H17N3O3. The molecule has 0 aromatic carbocycles. The van der Waals surface area contributed by atoms with E-state index in [0.29, 0.717) is 24.4 Å². The normalized spacial score (nSPS) is 10.9. The van der Waals surface area contributed by atoms with Gasteiger partial charge in [0, 0.05) is 0 Å². The summed E-state index contributed by atoms with van der Waals surface area (Å²) < 4.78 is 10.8. The maximum atomic E-state index is 11.5. The molecule has 6 nitrogen and oxygen atoms in total. The number of nitrogens with two attached hydrogens (primary N) is 1. The maximum Gasteiger partial charge on any atom is 0.268 e. The molecule has 2 aromatic heterocycles. The van der Waals surface area contributed by atoms with E-state index in [1.165, 1.54) is 6.26 Å². The number of hydrogen-bond donors (Lipinski definition) is 2. The smallest absolute Gasteiger partial charge is 0.268 e. The summed E-state index contributed by atoms with van der Waals surface area (Å²) in [6.45, 7) is 3.04. The lowest BCUT2D eigenvalue weighted by molar-refractivity contribution is 0.0950. The van der Waals surface area contributed by atoms with Gasteiger partial charge in [-0.2, -0.15) is 0 Å². The fraction of sp³-hybridized carbons (Fsp3) is 0.308. The van der Waals surface area contributed by atoms with Crippen molar-refractivity contribution < 1.29 is 13.6 Å². The Bertz CT molecular complexity index is 559. The molecular weight excluding hydrogens is 246 g/mol. The van der Waals surface area contributed by atoms with E-state index in [4.69, 9.17) is 14.7 Å². The van der Waals surface area contributed by atoms with Crippen molar-refractivity contribution in [2.24, 2.45) is 5.84 Å². The molecule has 0 aliphatic carbocycles. The lowest BCUT2D eigenvalue weighted by atomic mass is 10.2. The SMILES string of the molecule is Cc1ccc(CN(C)Cc2occc2C(=O)NN)o1. The Morgan fingerprint density at radius 1 is 1.37 bits per heavy atom. The van der Waals surface area contributed by atoms with Gasteiger partial charge in [-0.05, 0) is 32.2 Å². The van der Waals surface area contributed by atoms with E-state index in [9.17, 15) is 4.79 Å². The Morgan fingerprint density at radius 2 is 2.16 bits per heavy atom. The first-order valence-electron chi connectivity index (χ1n) is 5.91. The second-order valence-corrected chi connectivity index (χ2v) is 4.42. The van der Waals surface area contributed by atoms with Gasteiger partial charge in [0.15, 0.2) is 0 Å². The van der Waals surface area contributed by atoms with Crippen LogP contribution in [0.15, 0.2) is 33.3 Å². The van der Waals surface area contributed by atoms with E-state index in [2.05, 4.69) is 5.43 Å². The molecule has 0 bridgehead atoms. The van der Waals surface area contributed by atoms with E-state index in [0.717, 1.165) is 11.5 Å². The van der Waals surface area contributed by atoms with Crippen molar-refractivity contribution in [1.82, 2.24) is 10.3 Å². The van der Waals surface area contributed by atoms with Crippen LogP contribution in [0.3, 0.4) is 0 Å². The second-order valence-electron chi connectivity index (χ2n) is 4.42. The molecule has 0 radical (unpaired) electrons. The molecule has 6 heteroatoms. The van der Waals surface area contributed by atoms with Crippen LogP contribution in [0, 0.1) is 6.92 Å². The highest BCUT2D eigenvalue weighted by molar-refractivity contribution is 5.94. The average Bonchev–Trinajstić information content (AvgIpc) is 2.97. The summed E-state index contributed by atoms with van der Waals surface area (Å²) in [5.74, 6) is 7.09. The summed E-state index contributed by atoms with van der Waals surface area (Å²) in [7, 11) is 1.92. The first kappa shape index (κ1) is 13.4. The molecule has 19 heavy (non-hydrogen) atoms. The van der Waals surface area contributed by atoms with Crippen LogP contribution in [0.25, 0.3) is 0 Å². The number of aryl methyl sites for hydroxylation is 1. The van der Waals surface area contributed by atoms with Gasteiger partial charge in [-0.25, -0.2) is 5.84 Å². The average molecular weight is 263 g/mol. The molecule has 3 N–H and O–H groups in total. The monoisotopic (exact) mass is 263 g/mol. The fourth-order valence-corrected chi connectivity index (χ4v) is 1.88. The largest absolute Gasteiger partial charge is 0.467 e. The summed E-state index contributed by atoms with van der Waals surface area (Å²) in [6.07, 6.45) is 1.48. The summed E-state index contributed by atoms with van der Waals surface area (Å²) in [4.78, 5) is 13.5. The highest BCUT2D eigenvalue weighted by Gasteiger charge is 2.15. The minimum absolute atomic E-state index is 0.356. The predicted octanol–water partition coefficient (Wildman–Crippen LogP) is 1.42. The van der Waals surface area contributed by atoms with Crippen LogP contribution >= 0.6 is 0 Å². The quantitative estimate of drug-likeness (QED) is 0.484. The van der Waals surface area contributed by atoms with Crippen molar-refractivity contribution in [3.05, 3.63) is 47.3 Å². The molecule has 0 fully saturated rings. The molecule has 0 saturated carbocycles. The summed E-state index contributed by atoms with van der Waals surface area (Å²) in [6, 6.07) is 5.45. The predicted molar refractivity (Wildman–Crippen MR) is 69.0 cm³/mol. The third kappa shape index (κ3) is 3.24. The van der Waals surface area contributed by atoms with Crippen molar-refractivity contribution in [3.8, 4) is 0 Å². The first-order valence-corrected chi connectivity index (χ1v) is 5.91. The zero-order valence-corrected chi connectivity index (χ0v) is 11.0. The molecule has 2 aromatic rings. The molecule has 2 heterocycles. The lowest BCUT2D eigenvalue weighted by Crippen LogP contribution is -2.31. The van der Waals surface area contributed by atoms with Crippen LogP contribution in [-0.2, 0) is 13.1 Å². The maximum absolute atomic E-state index is 11.5. The number of carbonyl (C=O) groups is 1. The number of nitrogen functional groups attached to an aromatic ring is 1. The highest BCUT2D eigenvalue weighted by Crippen LogP contribution is 2.15. The Kier molecular flexibility index (Phi) is 4.03. The number of amides is 1. The third-order valence-electron chi connectivity index (χ3n) is 2.76. The van der Waals surface area contributed by atoms with Gasteiger partial charge >= 0.3 is 0 Å². The van der Waals surface area contributed by atoms with Crippen LogP contribution in [0.4, 0.5) is 0 Å². The molecule has 1 amide bonds. The second kappa shape index (κ2) is 5.73. The third-order valence-corrected chi connectivity index (χ3v) is 2.76. The Morgan fingerprint density at radius 3 is 2.79 bits per heavy atom. The van der Waals surface area contributed by atoms with E-state index >= 15 is 0 Å². The Labute approximate surface area is 111 Å². The lowest BCUT2D eigenvalue weighted by Gasteiger charge is -2.14. The number of rotatable bonds is 5. The molecule has 102 valence electrons. The summed E-state index contributed by atoms with van der Waals surface area (Å²) in [5, 5.41) is 0. The fourth-order valence-electron chi connectivity index (χ4n) is 1.88. The molecule has 0 aliphatic rings. The standard InChI is InChI=1S/C13H17N3O3/c1-9-3-4-10(19-9)7-16(2)8-12-11(5-6-18-12)13(17)15-14/h3-6H,7-8,14H2,1-2H3,(H,15,17). The minimum Gasteiger partial charge on any atom is -0.467 e. The zero-order valence-electron chi connectivity index (χ0n) is 11.0. The van der Waals surface area contributed by atoms with Crippen LogP contribution in [0.5, 0.6) is 0 Å². The van der Waals surface area contributed by atoms with Crippen LogP contribution in [0.1, 0.15) is 27.6 Å². The van der Waals surface area contributed by atoms with Gasteiger partial charge in [-0.15, -0.1) is 0 Å². The topological polar surface area (TPSA) is 84.6 Å². The van der Waals surface area contributed by atoms with E-state index < -0.39 is 0 Å². The van der Waals surface area contributed by atoms with Gasteiger partial charge in [0.05, 0.1) is 24.9 Å². The highest BCUT2D eigenvalue weighted by atomic mass is 16.3. The minimum atomic E-state index is -0.356. The van der Waals surface area contributed by atoms with E-state index in [-0.39, 0.29) is 5.91 Å². The number of furan rings is 2. The van der Waals surface area contributed by atoms with Crippen LogP contribution in [-0.4, -0.2) is 17.9 Å². The van der Waals surface area contributed by atoms with Crippen molar-refractivity contribution in [2.45, 2.75) is 20.0 Å². The first-order chi connectivity index (χ1) is 9.10. The summed E-state index contributed by atoms with van der Waals surface area (Å²) >= 11 is 0. The van der Waals surface area contributed by atoms with Crippen molar-refractivity contribution >= 4 is 5.91 Å². The Hall–Kier alpha value is -2.05. The number of hydrazine groups is 1. The van der Waals surface area contributed by atoms with Crippen molar-refractivity contribution in [3.63, 3.8) is 0 Å². The van der Waals surface area contributed by atoms with E-state index in [1.807, 2.05) is 31.0 Å². The molecule has 0 aliphatic heterocycles. The molecule has 0 atom stereocenters. The summed E-state index contributed by atoms with van der Waals surface area (Å²) in [5.41, 5.74) is 2.55. The van der Waals surface area contributed by atoms with Gasteiger partial charge in [0.25, 0.3) is 5.91 Å². The number of carbonyl (C=O) groups excluding carboxylic acids is 1. The van der Waals surface area contributed by atoms with Crippen LogP contribution < -0.4 is 11.3 Å². The molecule has 2 rings (SSSR count). The van der Waals surface area contributed by atoms with Gasteiger partial charge < -0.3 is 8.83 Å². The van der Waals surface area contributed by atoms with Crippen LogP contribution in [0.2, 0.25) is 0 Å². The van der Waals surface area contributed by atoms with Gasteiger partial charge in [-0.1, -0.05) is 0 Å².